The molecule has 24 heavy (non-hydrogen) atoms. The lowest BCUT2D eigenvalue weighted by Gasteiger charge is -2.11. The summed E-state index contributed by atoms with van der Waals surface area (Å²) in [5, 5.41) is 3.60. The van der Waals surface area contributed by atoms with E-state index in [1.54, 1.807) is 30.3 Å². The molecule has 1 amide bonds. The van der Waals surface area contributed by atoms with Crippen molar-refractivity contribution >= 4 is 45.9 Å². The topological polar surface area (TPSA) is 55.1 Å². The Bertz CT molecular complexity index is 926. The van der Waals surface area contributed by atoms with Gasteiger partial charge in [0.15, 0.2) is 5.58 Å². The second-order valence-corrected chi connectivity index (χ2v) is 7.37. The number of benzene rings is 2. The summed E-state index contributed by atoms with van der Waals surface area (Å²) in [5.74, 6) is 0.345. The Morgan fingerprint density at radius 1 is 1.12 bits per heavy atom. The van der Waals surface area contributed by atoms with Crippen molar-refractivity contribution in [2.75, 3.05) is 5.32 Å². The van der Waals surface area contributed by atoms with Crippen molar-refractivity contribution in [2.24, 2.45) is 0 Å². The summed E-state index contributed by atoms with van der Waals surface area (Å²) in [7, 11) is 0. The van der Waals surface area contributed by atoms with Gasteiger partial charge in [-0.05, 0) is 36.4 Å². The normalized spacial score (nSPS) is 11.7. The maximum Gasteiger partial charge on any atom is 0.257 e. The number of amides is 1. The van der Waals surface area contributed by atoms with Gasteiger partial charge in [0.05, 0.1) is 10.6 Å². The second-order valence-electron chi connectivity index (χ2n) is 6.53. The zero-order valence-electron chi connectivity index (χ0n) is 13.5. The molecule has 0 aliphatic carbocycles. The number of hydrogen-bond donors (Lipinski definition) is 1. The Labute approximate surface area is 149 Å². The minimum atomic E-state index is -0.310. The molecular weight excluding hydrogens is 347 g/mol. The number of nitrogens with one attached hydrogen (secondary N) is 1. The zero-order valence-corrected chi connectivity index (χ0v) is 15.0. The standard InChI is InChI=1S/C18H16Cl2N2O2/c1-18(2,3)17-22-14-9-11(5-7-15(14)24-17)21-16(23)12-6-4-10(19)8-13(12)20/h4-9H,1-3H3,(H,21,23). The largest absolute Gasteiger partial charge is 0.440 e. The lowest BCUT2D eigenvalue weighted by atomic mass is 9.97. The molecule has 3 rings (SSSR count). The Morgan fingerprint density at radius 2 is 1.88 bits per heavy atom. The van der Waals surface area contributed by atoms with Crippen molar-refractivity contribution in [3.8, 4) is 0 Å². The molecule has 1 heterocycles. The molecule has 6 heteroatoms. The van der Waals surface area contributed by atoms with Gasteiger partial charge in [-0.2, -0.15) is 0 Å². The third-order valence-corrected chi connectivity index (χ3v) is 4.01. The molecule has 0 spiro atoms. The minimum absolute atomic E-state index is 0.181. The summed E-state index contributed by atoms with van der Waals surface area (Å²) >= 11 is 11.9. The fourth-order valence-corrected chi connectivity index (χ4v) is 2.69. The molecule has 124 valence electrons. The third-order valence-electron chi connectivity index (χ3n) is 3.46. The summed E-state index contributed by atoms with van der Waals surface area (Å²) in [6.07, 6.45) is 0. The van der Waals surface area contributed by atoms with Gasteiger partial charge < -0.3 is 9.73 Å². The van der Waals surface area contributed by atoms with Crippen molar-refractivity contribution in [2.45, 2.75) is 26.2 Å². The lowest BCUT2D eigenvalue weighted by Crippen LogP contribution is -2.12. The molecular formula is C18H16Cl2N2O2. The number of rotatable bonds is 2. The van der Waals surface area contributed by atoms with Crippen molar-refractivity contribution in [3.05, 3.63) is 57.9 Å². The van der Waals surface area contributed by atoms with Gasteiger partial charge >= 0.3 is 0 Å². The molecule has 0 fully saturated rings. The zero-order chi connectivity index (χ0) is 17.5. The predicted octanol–water partition coefficient (Wildman–Crippen LogP) is 5.68. The molecule has 3 aromatic rings. The van der Waals surface area contributed by atoms with Crippen LogP contribution in [0.15, 0.2) is 40.8 Å². The number of aromatic nitrogens is 1. The summed E-state index contributed by atoms with van der Waals surface area (Å²) < 4.78 is 5.75. The van der Waals surface area contributed by atoms with Crippen molar-refractivity contribution in [1.82, 2.24) is 4.98 Å². The summed E-state index contributed by atoms with van der Waals surface area (Å²) in [5.41, 5.74) is 2.17. The van der Waals surface area contributed by atoms with Crippen LogP contribution in [0.25, 0.3) is 11.1 Å². The second kappa shape index (κ2) is 6.11. The Kier molecular flexibility index (Phi) is 4.28. The van der Waals surface area contributed by atoms with Crippen LogP contribution in [0.4, 0.5) is 5.69 Å². The Balaban J connectivity index is 1.88. The smallest absolute Gasteiger partial charge is 0.257 e. The summed E-state index contributed by atoms with van der Waals surface area (Å²) in [6, 6.07) is 10.1. The highest BCUT2D eigenvalue weighted by atomic mass is 35.5. The van der Waals surface area contributed by atoms with Crippen LogP contribution in [0.5, 0.6) is 0 Å². The highest BCUT2D eigenvalue weighted by molar-refractivity contribution is 6.37. The highest BCUT2D eigenvalue weighted by Gasteiger charge is 2.21. The van der Waals surface area contributed by atoms with E-state index in [0.717, 1.165) is 0 Å². The SMILES string of the molecule is CC(C)(C)c1nc2cc(NC(=O)c3ccc(Cl)cc3Cl)ccc2o1. The van der Waals surface area contributed by atoms with E-state index in [1.165, 1.54) is 6.07 Å². The van der Waals surface area contributed by atoms with Gasteiger partial charge in [0, 0.05) is 16.1 Å². The van der Waals surface area contributed by atoms with Crippen molar-refractivity contribution < 1.29 is 9.21 Å². The first-order valence-electron chi connectivity index (χ1n) is 7.41. The van der Waals surface area contributed by atoms with Gasteiger partial charge in [-0.15, -0.1) is 0 Å². The molecule has 1 N–H and O–H groups in total. The van der Waals surface area contributed by atoms with E-state index >= 15 is 0 Å². The quantitative estimate of drug-likeness (QED) is 0.637. The van der Waals surface area contributed by atoms with Crippen LogP contribution in [0, 0.1) is 0 Å². The van der Waals surface area contributed by atoms with Crippen LogP contribution in [-0.4, -0.2) is 10.9 Å². The fraction of sp³-hybridized carbons (Fsp3) is 0.222. The highest BCUT2D eigenvalue weighted by Crippen LogP contribution is 2.28. The molecule has 0 aliphatic rings. The van der Waals surface area contributed by atoms with Gasteiger partial charge in [0.1, 0.15) is 5.52 Å². The number of carbonyl (C=O) groups is 1. The molecule has 4 nitrogen and oxygen atoms in total. The van der Waals surface area contributed by atoms with Gasteiger partial charge in [-0.3, -0.25) is 4.79 Å². The van der Waals surface area contributed by atoms with Gasteiger partial charge in [-0.25, -0.2) is 4.98 Å². The van der Waals surface area contributed by atoms with E-state index in [2.05, 4.69) is 10.3 Å². The number of oxazole rings is 1. The molecule has 0 bridgehead atoms. The molecule has 0 saturated carbocycles. The van der Waals surface area contributed by atoms with E-state index in [4.69, 9.17) is 27.6 Å². The molecule has 0 saturated heterocycles. The first-order valence-corrected chi connectivity index (χ1v) is 8.17. The Hall–Kier alpha value is -2.04. The van der Waals surface area contributed by atoms with Crippen molar-refractivity contribution in [1.29, 1.82) is 0 Å². The number of halogens is 2. The summed E-state index contributed by atoms with van der Waals surface area (Å²) in [6.45, 7) is 6.09. The first kappa shape index (κ1) is 16.8. The molecule has 0 unspecified atom stereocenters. The molecule has 0 aliphatic heterocycles. The monoisotopic (exact) mass is 362 g/mol. The van der Waals surface area contributed by atoms with Crippen LogP contribution >= 0.6 is 23.2 Å². The van der Waals surface area contributed by atoms with Crippen LogP contribution in [-0.2, 0) is 5.41 Å². The van der Waals surface area contributed by atoms with Crippen LogP contribution < -0.4 is 5.32 Å². The molecule has 1 aromatic heterocycles. The number of anilines is 1. The van der Waals surface area contributed by atoms with E-state index in [0.29, 0.717) is 38.3 Å². The van der Waals surface area contributed by atoms with E-state index in [9.17, 15) is 4.79 Å². The minimum Gasteiger partial charge on any atom is -0.440 e. The predicted molar refractivity (Wildman–Crippen MR) is 97.1 cm³/mol. The number of carbonyl (C=O) groups excluding carboxylic acids is 1. The fourth-order valence-electron chi connectivity index (χ4n) is 2.20. The van der Waals surface area contributed by atoms with Crippen molar-refractivity contribution in [3.63, 3.8) is 0 Å². The molecule has 0 atom stereocenters. The van der Waals surface area contributed by atoms with Crippen LogP contribution in [0.1, 0.15) is 37.0 Å². The van der Waals surface area contributed by atoms with Crippen LogP contribution in [0.3, 0.4) is 0 Å². The van der Waals surface area contributed by atoms with Gasteiger partial charge in [0.25, 0.3) is 5.91 Å². The van der Waals surface area contributed by atoms with E-state index in [1.807, 2.05) is 20.8 Å². The maximum absolute atomic E-state index is 12.4. The van der Waals surface area contributed by atoms with Gasteiger partial charge in [0.2, 0.25) is 5.89 Å². The van der Waals surface area contributed by atoms with E-state index in [-0.39, 0.29) is 11.3 Å². The summed E-state index contributed by atoms with van der Waals surface area (Å²) in [4.78, 5) is 16.9. The Morgan fingerprint density at radius 3 is 2.54 bits per heavy atom. The van der Waals surface area contributed by atoms with Gasteiger partial charge in [-0.1, -0.05) is 44.0 Å². The molecule has 2 aromatic carbocycles. The number of hydrogen-bond acceptors (Lipinski definition) is 3. The number of fused-ring (bicyclic) bond motifs is 1. The average molecular weight is 363 g/mol. The average Bonchev–Trinajstić information content (AvgIpc) is 2.90. The third kappa shape index (κ3) is 3.40. The van der Waals surface area contributed by atoms with Crippen LogP contribution in [0.2, 0.25) is 10.0 Å². The lowest BCUT2D eigenvalue weighted by molar-refractivity contribution is 0.102. The first-order chi connectivity index (χ1) is 11.2. The number of nitrogens with zero attached hydrogens (tertiary/aromatic N) is 1. The maximum atomic E-state index is 12.4. The van der Waals surface area contributed by atoms with E-state index < -0.39 is 0 Å². The molecule has 0 radical (unpaired) electrons.